The number of aromatic amines is 2. The third kappa shape index (κ3) is 6.47. The molecular formula is C33H42N4O6S. The van der Waals surface area contributed by atoms with Crippen molar-refractivity contribution < 1.29 is 29.4 Å². The van der Waals surface area contributed by atoms with Gasteiger partial charge in [0, 0.05) is 65.6 Å². The van der Waals surface area contributed by atoms with Crippen molar-refractivity contribution >= 4 is 48.2 Å². The summed E-state index contributed by atoms with van der Waals surface area (Å²) in [7, 11) is 0. The number of carboxylic acid groups (broad SMARTS) is 2. The molecule has 0 spiro atoms. The molecule has 2 atom stereocenters. The van der Waals surface area contributed by atoms with E-state index >= 15 is 0 Å². The lowest BCUT2D eigenvalue weighted by Crippen LogP contribution is -2.32. The maximum atomic E-state index is 12.6. The summed E-state index contributed by atoms with van der Waals surface area (Å²) >= 11 is 4.63. The number of hydrogen-bond donors (Lipinski definition) is 6. The molecule has 44 heavy (non-hydrogen) atoms. The number of aliphatic imine (C=N–C) groups is 1. The van der Waals surface area contributed by atoms with Gasteiger partial charge in [-0.1, -0.05) is 13.8 Å². The summed E-state index contributed by atoms with van der Waals surface area (Å²) in [6.45, 7) is 11.5. The fourth-order valence-electron chi connectivity index (χ4n) is 6.50. The largest absolute Gasteiger partial charge is 0.481 e. The van der Waals surface area contributed by atoms with Gasteiger partial charge in [0.1, 0.15) is 0 Å². The van der Waals surface area contributed by atoms with E-state index in [0.29, 0.717) is 49.8 Å². The Morgan fingerprint density at radius 3 is 2.07 bits per heavy atom. The molecule has 236 valence electrons. The molecule has 1 fully saturated rings. The topological polar surface area (TPSA) is 165 Å². The van der Waals surface area contributed by atoms with Gasteiger partial charge in [0.05, 0.1) is 10.5 Å². The third-order valence-corrected chi connectivity index (χ3v) is 9.68. The molecule has 2 aliphatic rings. The minimum atomic E-state index is -0.904. The van der Waals surface area contributed by atoms with Gasteiger partial charge in [0.25, 0.3) is 5.91 Å². The van der Waals surface area contributed by atoms with E-state index in [-0.39, 0.29) is 30.6 Å². The van der Waals surface area contributed by atoms with E-state index in [2.05, 4.69) is 32.9 Å². The maximum absolute atomic E-state index is 12.6. The van der Waals surface area contributed by atoms with Gasteiger partial charge in [-0.15, -0.1) is 0 Å². The minimum absolute atomic E-state index is 0.0446. The number of amides is 2. The maximum Gasteiger partial charge on any atom is 0.303 e. The first-order valence-corrected chi connectivity index (χ1v) is 15.5. The quantitative estimate of drug-likeness (QED) is 0.172. The number of H-pyrrole nitrogens is 2. The van der Waals surface area contributed by atoms with E-state index in [1.807, 2.05) is 47.6 Å². The molecule has 2 amide bonds. The number of carbonyl (C=O) groups is 4. The molecule has 10 nitrogen and oxygen atoms in total. The van der Waals surface area contributed by atoms with Crippen LogP contribution in [0.15, 0.2) is 21.8 Å². The van der Waals surface area contributed by atoms with Crippen LogP contribution in [0.4, 0.5) is 0 Å². The van der Waals surface area contributed by atoms with Crippen molar-refractivity contribution in [2.45, 2.75) is 97.7 Å². The predicted octanol–water partition coefficient (Wildman–Crippen LogP) is 5.02. The number of nitrogens with zero attached hydrogens (tertiary/aromatic N) is 1. The molecule has 0 radical (unpaired) electrons. The van der Waals surface area contributed by atoms with Gasteiger partial charge in [0.15, 0.2) is 0 Å². The van der Waals surface area contributed by atoms with Crippen molar-refractivity contribution in [1.82, 2.24) is 15.3 Å². The van der Waals surface area contributed by atoms with Crippen LogP contribution in [-0.4, -0.2) is 54.4 Å². The fourth-order valence-corrected chi connectivity index (χ4v) is 6.88. The van der Waals surface area contributed by atoms with Gasteiger partial charge in [-0.05, 0) is 87.3 Å². The Bertz CT molecular complexity index is 1620. The van der Waals surface area contributed by atoms with Crippen molar-refractivity contribution in [3.8, 4) is 0 Å². The molecule has 2 aromatic heterocycles. The molecule has 4 heterocycles. The van der Waals surface area contributed by atoms with Crippen molar-refractivity contribution in [2.24, 2.45) is 10.9 Å². The van der Waals surface area contributed by atoms with Crippen LogP contribution in [-0.2, 0) is 44.9 Å². The van der Waals surface area contributed by atoms with Crippen LogP contribution in [0.25, 0.3) is 6.08 Å². The van der Waals surface area contributed by atoms with E-state index in [0.717, 1.165) is 56.3 Å². The lowest BCUT2D eigenvalue weighted by atomic mass is 9.90. The standard InChI is InChI=1S/C33H42N4O6S/c1-7-19-16(3)25(36-31(19)42)13-23-17(4)20(9-11-29(38)39)26(34-23)15-27-21(10-12-30(40)41)18(5)24(35-27)14-28-22(8-2)33(6,44)32(43)37-28/h14,22,34-35,44H,7-13,15H2,1-6H3,(H,37,43)(H,38,39)(H,40,41)/b28-14-/t22-,33-/m0/s1. The second-order valence-corrected chi connectivity index (χ2v) is 12.9. The van der Waals surface area contributed by atoms with E-state index in [4.69, 9.17) is 0 Å². The molecular weight excluding hydrogens is 580 g/mol. The van der Waals surface area contributed by atoms with Crippen molar-refractivity contribution in [3.63, 3.8) is 0 Å². The highest BCUT2D eigenvalue weighted by molar-refractivity contribution is 7.82. The zero-order valence-electron chi connectivity index (χ0n) is 26.2. The highest BCUT2D eigenvalue weighted by atomic mass is 32.1. The zero-order valence-corrected chi connectivity index (χ0v) is 27.1. The number of aromatic nitrogens is 2. The molecule has 2 aliphatic heterocycles. The number of rotatable bonds is 13. The number of thiol groups is 1. The minimum Gasteiger partial charge on any atom is -0.481 e. The molecule has 0 bridgehead atoms. The van der Waals surface area contributed by atoms with Crippen LogP contribution < -0.4 is 5.32 Å². The van der Waals surface area contributed by atoms with Crippen molar-refractivity contribution in [1.29, 1.82) is 0 Å². The van der Waals surface area contributed by atoms with E-state index in [9.17, 15) is 29.4 Å². The molecule has 0 aliphatic carbocycles. The fraction of sp³-hybridized carbons (Fsp3) is 0.485. The van der Waals surface area contributed by atoms with Crippen LogP contribution in [0.5, 0.6) is 0 Å². The zero-order chi connectivity index (χ0) is 32.5. The SMILES string of the molecule is CCC1=C(C)C(Cc2[nH]c(Cc3[nH]c(/C=C4\NC(=O)[C@@](C)(S)[C@H]4CC)c(C)c3CCC(=O)O)c(CCC(=O)O)c2C)=NC1=O. The lowest BCUT2D eigenvalue weighted by molar-refractivity contribution is -0.138. The highest BCUT2D eigenvalue weighted by Gasteiger charge is 2.45. The molecule has 11 heteroatoms. The van der Waals surface area contributed by atoms with Crippen molar-refractivity contribution in [3.05, 3.63) is 61.9 Å². The van der Waals surface area contributed by atoms with Crippen molar-refractivity contribution in [2.75, 3.05) is 0 Å². The lowest BCUT2D eigenvalue weighted by Gasteiger charge is -2.21. The summed E-state index contributed by atoms with van der Waals surface area (Å²) in [6.07, 6.45) is 4.58. The highest BCUT2D eigenvalue weighted by Crippen LogP contribution is 2.39. The Morgan fingerprint density at radius 1 is 0.932 bits per heavy atom. The summed E-state index contributed by atoms with van der Waals surface area (Å²) in [5, 5.41) is 21.9. The first-order chi connectivity index (χ1) is 20.7. The van der Waals surface area contributed by atoms with Gasteiger partial charge in [0.2, 0.25) is 5.91 Å². The number of hydrogen-bond acceptors (Lipinski definition) is 5. The van der Waals surface area contributed by atoms with Gasteiger partial charge in [-0.2, -0.15) is 12.6 Å². The second kappa shape index (κ2) is 13.0. The number of nitrogens with one attached hydrogen (secondary N) is 3. The number of aliphatic carboxylic acids is 2. The first-order valence-electron chi connectivity index (χ1n) is 15.1. The second-order valence-electron chi connectivity index (χ2n) is 11.9. The van der Waals surface area contributed by atoms with Crippen LogP contribution in [0.1, 0.15) is 98.4 Å². The van der Waals surface area contributed by atoms with E-state index in [1.54, 1.807) is 0 Å². The Balaban J connectivity index is 1.76. The summed E-state index contributed by atoms with van der Waals surface area (Å²) in [5.41, 5.74) is 9.96. The Morgan fingerprint density at radius 2 is 1.52 bits per heavy atom. The molecule has 1 saturated heterocycles. The molecule has 5 N–H and O–H groups in total. The third-order valence-electron chi connectivity index (χ3n) is 9.17. The number of carboxylic acids is 2. The molecule has 0 unspecified atom stereocenters. The summed E-state index contributed by atoms with van der Waals surface area (Å²) in [5.74, 6) is -2.28. The summed E-state index contributed by atoms with van der Waals surface area (Å²) in [6, 6.07) is 0. The average Bonchev–Trinajstić information content (AvgIpc) is 3.57. The Hall–Kier alpha value is -3.86. The average molecular weight is 623 g/mol. The van der Waals surface area contributed by atoms with Crippen LogP contribution in [0.3, 0.4) is 0 Å². The molecule has 2 aromatic rings. The van der Waals surface area contributed by atoms with Crippen LogP contribution >= 0.6 is 12.6 Å². The van der Waals surface area contributed by atoms with E-state index in [1.165, 1.54) is 0 Å². The number of carbonyl (C=O) groups excluding carboxylic acids is 2. The molecule has 0 saturated carbocycles. The van der Waals surface area contributed by atoms with E-state index < -0.39 is 16.7 Å². The summed E-state index contributed by atoms with van der Waals surface area (Å²) < 4.78 is -0.840. The predicted molar refractivity (Wildman–Crippen MR) is 172 cm³/mol. The smallest absolute Gasteiger partial charge is 0.303 e. The summed E-state index contributed by atoms with van der Waals surface area (Å²) in [4.78, 5) is 59.4. The Kier molecular flexibility index (Phi) is 9.77. The molecule has 4 rings (SSSR count). The van der Waals surface area contributed by atoms with Gasteiger partial charge < -0.3 is 25.5 Å². The van der Waals surface area contributed by atoms with Crippen LogP contribution in [0.2, 0.25) is 0 Å². The van der Waals surface area contributed by atoms with Gasteiger partial charge in [-0.3, -0.25) is 19.2 Å². The van der Waals surface area contributed by atoms with Gasteiger partial charge in [-0.25, -0.2) is 4.99 Å². The number of allylic oxidation sites excluding steroid dienone is 2. The normalized spacial score (nSPS) is 21.0. The van der Waals surface area contributed by atoms with Gasteiger partial charge >= 0.3 is 11.9 Å². The molecule has 0 aromatic carbocycles. The Labute approximate surface area is 262 Å². The van der Waals surface area contributed by atoms with Crippen LogP contribution in [0, 0.1) is 19.8 Å². The monoisotopic (exact) mass is 622 g/mol. The first kappa shape index (κ1) is 33.0.